The summed E-state index contributed by atoms with van der Waals surface area (Å²) in [6.45, 7) is 2.13. The van der Waals surface area contributed by atoms with Crippen molar-refractivity contribution in [3.05, 3.63) is 10.6 Å². The van der Waals surface area contributed by atoms with Gasteiger partial charge in [-0.1, -0.05) is 0 Å². The summed E-state index contributed by atoms with van der Waals surface area (Å²) in [6.07, 6.45) is 10.3. The number of nitrogens with zero attached hydrogens (tertiary/aromatic N) is 1. The van der Waals surface area contributed by atoms with Crippen molar-refractivity contribution in [2.75, 3.05) is 5.73 Å². The Morgan fingerprint density at radius 3 is 2.17 bits per heavy atom. The minimum absolute atomic E-state index is 0.623. The average molecular weight is 262 g/mol. The van der Waals surface area contributed by atoms with Gasteiger partial charge in [-0.05, 0) is 75.0 Å². The minimum Gasteiger partial charge on any atom is -0.375 e. The summed E-state index contributed by atoms with van der Waals surface area (Å²) < 4.78 is 0. The van der Waals surface area contributed by atoms with Crippen molar-refractivity contribution in [1.29, 1.82) is 0 Å². The molecule has 0 spiro atoms. The molecule has 1 aromatic heterocycles. The van der Waals surface area contributed by atoms with Crippen molar-refractivity contribution in [3.8, 4) is 0 Å². The molecule has 0 radical (unpaired) electrons. The lowest BCUT2D eigenvalue weighted by Crippen LogP contribution is -2.47. The molecular formula is C15H22N2S. The van der Waals surface area contributed by atoms with Gasteiger partial charge >= 0.3 is 0 Å². The Kier molecular flexibility index (Phi) is 2.33. The fraction of sp³-hybridized carbons (Fsp3) is 0.800. The Balaban J connectivity index is 1.62. The molecule has 18 heavy (non-hydrogen) atoms. The van der Waals surface area contributed by atoms with E-state index in [1.54, 1.807) is 11.3 Å². The number of aromatic nitrogens is 1. The van der Waals surface area contributed by atoms with Crippen molar-refractivity contribution in [3.63, 3.8) is 0 Å². The van der Waals surface area contributed by atoms with Gasteiger partial charge in [0.25, 0.3) is 0 Å². The summed E-state index contributed by atoms with van der Waals surface area (Å²) in [5.74, 6) is 3.13. The number of aryl methyl sites for hydroxylation is 1. The molecule has 0 amide bonds. The molecule has 1 aromatic rings. The first-order chi connectivity index (χ1) is 8.62. The average Bonchev–Trinajstić information content (AvgIpc) is 2.54. The number of hydrogen-bond acceptors (Lipinski definition) is 3. The summed E-state index contributed by atoms with van der Waals surface area (Å²) in [5.41, 5.74) is 7.67. The van der Waals surface area contributed by atoms with E-state index in [2.05, 4.69) is 11.9 Å². The van der Waals surface area contributed by atoms with Gasteiger partial charge in [0.2, 0.25) is 0 Å². The summed E-state index contributed by atoms with van der Waals surface area (Å²) in [4.78, 5) is 5.87. The molecular weight excluding hydrogens is 240 g/mol. The molecule has 4 saturated carbocycles. The fourth-order valence-corrected chi connectivity index (χ4v) is 6.47. The van der Waals surface area contributed by atoms with E-state index in [1.165, 1.54) is 55.5 Å². The van der Waals surface area contributed by atoms with Crippen LogP contribution in [0.5, 0.6) is 0 Å². The summed E-state index contributed by atoms with van der Waals surface area (Å²) in [7, 11) is 0. The van der Waals surface area contributed by atoms with Gasteiger partial charge in [0.05, 0.1) is 5.69 Å². The van der Waals surface area contributed by atoms with Gasteiger partial charge in [0.1, 0.15) is 0 Å². The number of nitrogens with two attached hydrogens (primary N) is 1. The summed E-state index contributed by atoms with van der Waals surface area (Å²) >= 11 is 1.73. The molecule has 5 rings (SSSR count). The van der Waals surface area contributed by atoms with Crippen LogP contribution in [0.15, 0.2) is 0 Å². The molecule has 2 nitrogen and oxygen atoms in total. The number of rotatable bonds is 2. The van der Waals surface area contributed by atoms with E-state index in [1.807, 2.05) is 0 Å². The Labute approximate surface area is 113 Å². The van der Waals surface area contributed by atoms with Crippen LogP contribution in [0.3, 0.4) is 0 Å². The van der Waals surface area contributed by atoms with Crippen LogP contribution in [0, 0.1) is 30.1 Å². The highest BCUT2D eigenvalue weighted by Crippen LogP contribution is 2.61. The molecule has 0 saturated heterocycles. The van der Waals surface area contributed by atoms with Gasteiger partial charge in [-0.15, -0.1) is 11.3 Å². The molecule has 0 atom stereocenters. The third-order valence-electron chi connectivity index (χ3n) is 5.61. The van der Waals surface area contributed by atoms with Crippen molar-refractivity contribution < 1.29 is 0 Å². The van der Waals surface area contributed by atoms with E-state index < -0.39 is 0 Å². The molecule has 4 aliphatic carbocycles. The van der Waals surface area contributed by atoms with Crippen molar-refractivity contribution in [1.82, 2.24) is 4.98 Å². The van der Waals surface area contributed by atoms with E-state index in [9.17, 15) is 0 Å². The topological polar surface area (TPSA) is 38.9 Å². The first kappa shape index (κ1) is 11.3. The minimum atomic E-state index is 0.623. The zero-order valence-electron chi connectivity index (χ0n) is 11.1. The Bertz CT molecular complexity index is 442. The van der Waals surface area contributed by atoms with Crippen molar-refractivity contribution in [2.45, 2.75) is 51.9 Å². The fourth-order valence-electron chi connectivity index (χ4n) is 5.46. The van der Waals surface area contributed by atoms with E-state index in [0.29, 0.717) is 5.41 Å². The van der Waals surface area contributed by atoms with E-state index in [0.717, 1.165) is 22.9 Å². The van der Waals surface area contributed by atoms with Gasteiger partial charge in [-0.25, -0.2) is 4.98 Å². The second kappa shape index (κ2) is 3.72. The first-order valence-electron chi connectivity index (χ1n) is 7.34. The maximum Gasteiger partial charge on any atom is 0.180 e. The quantitative estimate of drug-likeness (QED) is 0.880. The normalized spacial score (nSPS) is 41.5. The van der Waals surface area contributed by atoms with Gasteiger partial charge in [0.15, 0.2) is 5.13 Å². The van der Waals surface area contributed by atoms with Crippen molar-refractivity contribution in [2.24, 2.45) is 23.2 Å². The van der Waals surface area contributed by atoms with Gasteiger partial charge in [0, 0.05) is 4.88 Å². The predicted octanol–water partition coefficient (Wildman–Crippen LogP) is 3.79. The van der Waals surface area contributed by atoms with Crippen LogP contribution in [-0.4, -0.2) is 4.98 Å². The van der Waals surface area contributed by atoms with Crippen LogP contribution in [0.4, 0.5) is 5.13 Å². The van der Waals surface area contributed by atoms with E-state index in [4.69, 9.17) is 5.73 Å². The number of hydrogen-bond donors (Lipinski definition) is 1. The van der Waals surface area contributed by atoms with E-state index >= 15 is 0 Å². The summed E-state index contributed by atoms with van der Waals surface area (Å²) in [6, 6.07) is 0. The molecule has 0 unspecified atom stereocenters. The predicted molar refractivity (Wildman–Crippen MR) is 75.6 cm³/mol. The van der Waals surface area contributed by atoms with Crippen LogP contribution in [0.25, 0.3) is 0 Å². The lowest BCUT2D eigenvalue weighted by atomic mass is 9.49. The van der Waals surface area contributed by atoms with E-state index in [-0.39, 0.29) is 0 Å². The molecule has 4 bridgehead atoms. The highest BCUT2D eigenvalue weighted by Gasteiger charge is 2.50. The summed E-state index contributed by atoms with van der Waals surface area (Å²) in [5, 5.41) is 0.757. The maximum atomic E-state index is 5.85. The molecule has 3 heteroatoms. The number of thiazole rings is 1. The standard InChI is InChI=1S/C15H22N2S/c1-9-13(18-14(16)17-9)8-15-5-10-2-11(6-15)4-12(3-10)7-15/h10-12H,2-8H2,1H3,(H2,16,17). The Morgan fingerprint density at radius 2 is 1.72 bits per heavy atom. The lowest BCUT2D eigenvalue weighted by Gasteiger charge is -2.57. The lowest BCUT2D eigenvalue weighted by molar-refractivity contribution is -0.0518. The van der Waals surface area contributed by atoms with Crippen LogP contribution < -0.4 is 5.73 Å². The molecule has 0 aromatic carbocycles. The first-order valence-corrected chi connectivity index (χ1v) is 8.15. The van der Waals surface area contributed by atoms with Crippen molar-refractivity contribution >= 4 is 16.5 Å². The van der Waals surface area contributed by atoms with Gasteiger partial charge in [-0.3, -0.25) is 0 Å². The van der Waals surface area contributed by atoms with Crippen LogP contribution in [0.1, 0.15) is 49.1 Å². The zero-order chi connectivity index (χ0) is 12.3. The molecule has 4 fully saturated rings. The second-order valence-corrected chi connectivity index (χ2v) is 8.27. The van der Waals surface area contributed by atoms with Gasteiger partial charge < -0.3 is 5.73 Å². The maximum absolute atomic E-state index is 5.85. The van der Waals surface area contributed by atoms with Crippen LogP contribution in [0.2, 0.25) is 0 Å². The second-order valence-electron chi connectivity index (χ2n) is 7.16. The smallest absolute Gasteiger partial charge is 0.180 e. The third kappa shape index (κ3) is 1.70. The van der Waals surface area contributed by atoms with Crippen LogP contribution in [-0.2, 0) is 6.42 Å². The number of nitrogen functional groups attached to an aromatic ring is 1. The number of anilines is 1. The van der Waals surface area contributed by atoms with Gasteiger partial charge in [-0.2, -0.15) is 0 Å². The Hall–Kier alpha value is -0.570. The highest BCUT2D eigenvalue weighted by molar-refractivity contribution is 7.15. The third-order valence-corrected chi connectivity index (χ3v) is 6.60. The molecule has 0 aliphatic heterocycles. The monoisotopic (exact) mass is 262 g/mol. The SMILES string of the molecule is Cc1nc(N)sc1CC12CC3CC(CC(C3)C1)C2. The zero-order valence-corrected chi connectivity index (χ0v) is 11.9. The molecule has 4 aliphatic rings. The van der Waals surface area contributed by atoms with Crippen LogP contribution >= 0.6 is 11.3 Å². The largest absolute Gasteiger partial charge is 0.375 e. The molecule has 1 heterocycles. The Morgan fingerprint density at radius 1 is 1.17 bits per heavy atom. The molecule has 98 valence electrons. The highest BCUT2D eigenvalue weighted by atomic mass is 32.1. The molecule has 2 N–H and O–H groups in total.